The van der Waals surface area contributed by atoms with Crippen LogP contribution in [-0.2, 0) is 42.1 Å². The second kappa shape index (κ2) is 16.0. The summed E-state index contributed by atoms with van der Waals surface area (Å²) in [5.41, 5.74) is 1.72. The summed E-state index contributed by atoms with van der Waals surface area (Å²) in [4.78, 5) is 29.4. The second-order valence-electron chi connectivity index (χ2n) is 11.2. The van der Waals surface area contributed by atoms with Gasteiger partial charge in [-0.3, -0.25) is 9.59 Å². The number of methoxy groups -OCH3 is 1. The maximum absolute atomic E-state index is 13.9. The Kier molecular flexibility index (Phi) is 11.6. The van der Waals surface area contributed by atoms with Crippen LogP contribution in [0.4, 0.5) is 0 Å². The van der Waals surface area contributed by atoms with Crippen LogP contribution in [0.25, 0.3) is 0 Å². The first-order valence-corrected chi connectivity index (χ1v) is 16.9. The van der Waals surface area contributed by atoms with Gasteiger partial charge < -0.3 is 29.2 Å². The third-order valence-corrected chi connectivity index (χ3v) is 10.0. The van der Waals surface area contributed by atoms with Crippen molar-refractivity contribution in [3.05, 3.63) is 90.0 Å². The lowest BCUT2D eigenvalue weighted by Gasteiger charge is -2.32. The van der Waals surface area contributed by atoms with Crippen molar-refractivity contribution in [1.82, 2.24) is 14.5 Å². The predicted octanol–water partition coefficient (Wildman–Crippen LogP) is 3.03. The molecule has 2 saturated heterocycles. The summed E-state index contributed by atoms with van der Waals surface area (Å²) in [7, 11) is -2.08. The molecule has 2 heterocycles. The highest BCUT2D eigenvalue weighted by atomic mass is 32.2. The summed E-state index contributed by atoms with van der Waals surface area (Å²) in [5, 5.41) is 3.02. The Labute approximate surface area is 270 Å². The molecule has 3 aromatic carbocycles. The van der Waals surface area contributed by atoms with E-state index in [0.29, 0.717) is 57.4 Å². The molecule has 0 radical (unpaired) electrons. The summed E-state index contributed by atoms with van der Waals surface area (Å²) >= 11 is 0. The number of nitrogens with one attached hydrogen (secondary N) is 1. The monoisotopic (exact) mass is 651 g/mol. The highest BCUT2D eigenvalue weighted by Crippen LogP contribution is 2.22. The van der Waals surface area contributed by atoms with Crippen molar-refractivity contribution >= 4 is 21.8 Å². The topological polar surface area (TPSA) is 124 Å². The van der Waals surface area contributed by atoms with Crippen LogP contribution in [0.3, 0.4) is 0 Å². The lowest BCUT2D eigenvalue weighted by atomic mass is 10.0. The molecule has 0 spiro atoms. The number of ether oxygens (including phenoxy) is 4. The number of carbonyl (C=O) groups is 2. The first-order valence-electron chi connectivity index (χ1n) is 15.5. The smallest absolute Gasteiger partial charge is 0.261 e. The molecule has 3 aromatic rings. The molecule has 12 heteroatoms. The van der Waals surface area contributed by atoms with Crippen molar-refractivity contribution < 1.29 is 37.0 Å². The van der Waals surface area contributed by atoms with E-state index in [2.05, 4.69) is 5.32 Å². The van der Waals surface area contributed by atoms with Gasteiger partial charge in [-0.2, -0.15) is 4.31 Å². The van der Waals surface area contributed by atoms with Crippen LogP contribution in [0, 0.1) is 0 Å². The van der Waals surface area contributed by atoms with Gasteiger partial charge in [0.2, 0.25) is 15.9 Å². The summed E-state index contributed by atoms with van der Waals surface area (Å²) in [5.74, 6) is 0.341. The molecule has 246 valence electrons. The number of amides is 2. The van der Waals surface area contributed by atoms with E-state index in [-0.39, 0.29) is 30.1 Å². The third-order valence-electron chi connectivity index (χ3n) is 8.10. The molecule has 0 aromatic heterocycles. The van der Waals surface area contributed by atoms with E-state index in [9.17, 15) is 18.0 Å². The average molecular weight is 652 g/mol. The Bertz CT molecular complexity index is 1520. The molecule has 2 aliphatic heterocycles. The SMILES string of the molecule is COc1ccc(CN(C(=O)COc2ccc(S(=O)(=O)N3CCOCC3)cc2)[C@H](Cc2ccccc2)C(=O)NC[C@H]2CCCO2)cc1. The van der Waals surface area contributed by atoms with Gasteiger partial charge >= 0.3 is 0 Å². The Morgan fingerprint density at radius 1 is 0.935 bits per heavy atom. The van der Waals surface area contributed by atoms with Crippen LogP contribution in [-0.4, -0.2) is 94.8 Å². The van der Waals surface area contributed by atoms with E-state index in [1.807, 2.05) is 54.6 Å². The van der Waals surface area contributed by atoms with Gasteiger partial charge in [0.15, 0.2) is 6.61 Å². The summed E-state index contributed by atoms with van der Waals surface area (Å²) < 4.78 is 49.6. The Balaban J connectivity index is 1.34. The van der Waals surface area contributed by atoms with Gasteiger partial charge in [-0.05, 0) is 60.4 Å². The van der Waals surface area contributed by atoms with Crippen LogP contribution in [0.2, 0.25) is 0 Å². The number of hydrogen-bond donors (Lipinski definition) is 1. The number of sulfonamides is 1. The lowest BCUT2D eigenvalue weighted by Crippen LogP contribution is -2.52. The molecule has 5 rings (SSSR count). The molecule has 0 unspecified atom stereocenters. The van der Waals surface area contributed by atoms with E-state index < -0.39 is 22.0 Å². The minimum absolute atomic E-state index is 0.0505. The minimum atomic E-state index is -3.67. The zero-order valence-electron chi connectivity index (χ0n) is 26.0. The van der Waals surface area contributed by atoms with Crippen molar-refractivity contribution in [3.8, 4) is 11.5 Å². The number of hydrogen-bond acceptors (Lipinski definition) is 8. The summed E-state index contributed by atoms with van der Waals surface area (Å²) in [6, 6.07) is 22.1. The van der Waals surface area contributed by atoms with Gasteiger partial charge in [-0.25, -0.2) is 8.42 Å². The van der Waals surface area contributed by atoms with Crippen LogP contribution in [0.1, 0.15) is 24.0 Å². The van der Waals surface area contributed by atoms with Gasteiger partial charge in [-0.1, -0.05) is 42.5 Å². The highest BCUT2D eigenvalue weighted by Gasteiger charge is 2.32. The van der Waals surface area contributed by atoms with Crippen LogP contribution >= 0.6 is 0 Å². The summed E-state index contributed by atoms with van der Waals surface area (Å²) in [6.07, 6.45) is 2.07. The van der Waals surface area contributed by atoms with E-state index in [1.54, 1.807) is 7.11 Å². The molecule has 46 heavy (non-hydrogen) atoms. The number of morpholine rings is 1. The van der Waals surface area contributed by atoms with E-state index in [4.69, 9.17) is 18.9 Å². The predicted molar refractivity (Wildman–Crippen MR) is 171 cm³/mol. The first kappa shape index (κ1) is 33.4. The quantitative estimate of drug-likeness (QED) is 0.282. The lowest BCUT2D eigenvalue weighted by molar-refractivity contribution is -0.143. The molecule has 11 nitrogen and oxygen atoms in total. The van der Waals surface area contributed by atoms with Crippen LogP contribution in [0.15, 0.2) is 83.8 Å². The van der Waals surface area contributed by atoms with Gasteiger partial charge in [0, 0.05) is 39.2 Å². The van der Waals surface area contributed by atoms with E-state index in [1.165, 1.54) is 33.5 Å². The fourth-order valence-corrected chi connectivity index (χ4v) is 6.90. The Morgan fingerprint density at radius 2 is 1.63 bits per heavy atom. The van der Waals surface area contributed by atoms with Gasteiger partial charge in [0.25, 0.3) is 5.91 Å². The van der Waals surface area contributed by atoms with Gasteiger partial charge in [0.05, 0.1) is 31.3 Å². The van der Waals surface area contributed by atoms with Crippen molar-refractivity contribution in [1.29, 1.82) is 0 Å². The van der Waals surface area contributed by atoms with Crippen molar-refractivity contribution in [2.75, 3.05) is 53.2 Å². The van der Waals surface area contributed by atoms with E-state index >= 15 is 0 Å². The molecular formula is C34H41N3O8S. The molecule has 2 fully saturated rings. The second-order valence-corrected chi connectivity index (χ2v) is 13.2. The largest absolute Gasteiger partial charge is 0.497 e. The first-order chi connectivity index (χ1) is 22.3. The van der Waals surface area contributed by atoms with Crippen LogP contribution < -0.4 is 14.8 Å². The standard InChI is InChI=1S/C34H41N3O8S/c1-42-28-11-9-27(10-12-28)24-37(32(22-26-6-3-2-4-7-26)34(39)35-23-30-8-5-19-44-30)33(38)25-45-29-13-15-31(16-14-29)46(40,41)36-17-20-43-21-18-36/h2-4,6-7,9-16,30,32H,5,8,17-25H2,1H3,(H,35,39)/t30-,32-/m1/s1. The molecule has 2 atom stereocenters. The Morgan fingerprint density at radius 3 is 2.28 bits per heavy atom. The minimum Gasteiger partial charge on any atom is -0.497 e. The third kappa shape index (κ3) is 8.85. The summed E-state index contributed by atoms with van der Waals surface area (Å²) in [6.45, 7) is 2.15. The fraction of sp³-hybridized carbons (Fsp3) is 0.412. The maximum atomic E-state index is 13.9. The molecule has 0 bridgehead atoms. The molecule has 2 amide bonds. The normalized spacial score (nSPS) is 17.6. The maximum Gasteiger partial charge on any atom is 0.261 e. The molecule has 1 N–H and O–H groups in total. The van der Waals surface area contributed by atoms with E-state index in [0.717, 1.165) is 24.0 Å². The van der Waals surface area contributed by atoms with Crippen molar-refractivity contribution in [2.24, 2.45) is 0 Å². The molecule has 0 saturated carbocycles. The average Bonchev–Trinajstić information content (AvgIpc) is 3.63. The number of rotatable bonds is 14. The number of carbonyl (C=O) groups excluding carboxylic acids is 2. The molecule has 2 aliphatic rings. The molecular weight excluding hydrogens is 610 g/mol. The number of nitrogens with zero attached hydrogens (tertiary/aromatic N) is 2. The molecule has 0 aliphatic carbocycles. The van der Waals surface area contributed by atoms with Crippen molar-refractivity contribution in [2.45, 2.75) is 42.8 Å². The van der Waals surface area contributed by atoms with Gasteiger partial charge in [0.1, 0.15) is 17.5 Å². The zero-order valence-corrected chi connectivity index (χ0v) is 26.8. The van der Waals surface area contributed by atoms with Crippen LogP contribution in [0.5, 0.6) is 11.5 Å². The fourth-order valence-electron chi connectivity index (χ4n) is 5.49. The Hall–Kier alpha value is -3.97. The zero-order chi connectivity index (χ0) is 32.4. The highest BCUT2D eigenvalue weighted by molar-refractivity contribution is 7.89. The van der Waals surface area contributed by atoms with Crippen molar-refractivity contribution in [3.63, 3.8) is 0 Å². The van der Waals surface area contributed by atoms with Gasteiger partial charge in [-0.15, -0.1) is 0 Å². The number of benzene rings is 3.